The number of phenols is 1. The molecule has 3 aromatic rings. The highest BCUT2D eigenvalue weighted by Gasteiger charge is 2.12. The van der Waals surface area contributed by atoms with Crippen molar-refractivity contribution in [3.8, 4) is 5.75 Å². The van der Waals surface area contributed by atoms with Gasteiger partial charge in [0.2, 0.25) is 0 Å². The molecule has 0 spiro atoms. The average Bonchev–Trinajstić information content (AvgIpc) is 2.36. The lowest BCUT2D eigenvalue weighted by molar-refractivity contribution is 0.482. The fourth-order valence-corrected chi connectivity index (χ4v) is 2.06. The summed E-state index contributed by atoms with van der Waals surface area (Å²) in [6.45, 7) is 0. The molecule has 0 unspecified atom stereocenters. The highest BCUT2D eigenvalue weighted by atomic mass is 35.5. The van der Waals surface area contributed by atoms with Gasteiger partial charge in [0.05, 0.1) is 5.52 Å². The fourth-order valence-electron chi connectivity index (χ4n) is 1.82. The summed E-state index contributed by atoms with van der Waals surface area (Å²) < 4.78 is 0. The van der Waals surface area contributed by atoms with Gasteiger partial charge in [-0.1, -0.05) is 35.9 Å². The normalized spacial score (nSPS) is 11.1. The first-order valence-corrected chi connectivity index (χ1v) is 5.16. The summed E-state index contributed by atoms with van der Waals surface area (Å²) >= 11 is 6.05. The molecular formula is C12H7ClN2O. The maximum absolute atomic E-state index is 9.96. The number of rotatable bonds is 0. The van der Waals surface area contributed by atoms with Crippen LogP contribution in [0.1, 0.15) is 0 Å². The second kappa shape index (κ2) is 3.32. The molecule has 0 radical (unpaired) electrons. The van der Waals surface area contributed by atoms with Crippen LogP contribution in [0.25, 0.3) is 21.8 Å². The van der Waals surface area contributed by atoms with Gasteiger partial charge in [0, 0.05) is 23.2 Å². The number of hydrogen-bond acceptors (Lipinski definition) is 3. The van der Waals surface area contributed by atoms with Crippen LogP contribution >= 0.6 is 11.6 Å². The van der Waals surface area contributed by atoms with E-state index in [2.05, 4.69) is 9.97 Å². The van der Waals surface area contributed by atoms with Crippen LogP contribution in [0.2, 0.25) is 5.02 Å². The predicted molar refractivity (Wildman–Crippen MR) is 63.7 cm³/mol. The molecule has 0 aliphatic carbocycles. The smallest absolute Gasteiger partial charge is 0.144 e. The molecule has 2 aromatic carbocycles. The lowest BCUT2D eigenvalue weighted by Crippen LogP contribution is -1.86. The van der Waals surface area contributed by atoms with E-state index in [0.717, 1.165) is 5.39 Å². The number of halogens is 1. The van der Waals surface area contributed by atoms with Crippen LogP contribution in [-0.4, -0.2) is 15.1 Å². The van der Waals surface area contributed by atoms with E-state index in [-0.39, 0.29) is 10.8 Å². The lowest BCUT2D eigenvalue weighted by Gasteiger charge is -2.06. The molecule has 0 aliphatic heterocycles. The molecule has 0 aliphatic rings. The third-order valence-corrected chi connectivity index (χ3v) is 2.91. The van der Waals surface area contributed by atoms with E-state index < -0.39 is 0 Å². The van der Waals surface area contributed by atoms with E-state index in [1.807, 2.05) is 24.3 Å². The van der Waals surface area contributed by atoms with Gasteiger partial charge in [-0.2, -0.15) is 0 Å². The molecule has 3 nitrogen and oxygen atoms in total. The van der Waals surface area contributed by atoms with Crippen LogP contribution in [-0.2, 0) is 0 Å². The summed E-state index contributed by atoms with van der Waals surface area (Å²) in [6, 6.07) is 7.44. The number of phenolic OH excluding ortho intramolecular Hbond substituents is 1. The molecule has 0 bridgehead atoms. The first-order chi connectivity index (χ1) is 7.79. The molecule has 1 N–H and O–H groups in total. The second-order valence-corrected chi connectivity index (χ2v) is 3.84. The van der Waals surface area contributed by atoms with Gasteiger partial charge >= 0.3 is 0 Å². The van der Waals surface area contributed by atoms with Crippen molar-refractivity contribution in [1.29, 1.82) is 0 Å². The Labute approximate surface area is 96.3 Å². The molecule has 4 heteroatoms. The predicted octanol–water partition coefficient (Wildman–Crippen LogP) is 3.14. The maximum Gasteiger partial charge on any atom is 0.144 e. The summed E-state index contributed by atoms with van der Waals surface area (Å²) in [5.41, 5.74) is 1.24. The number of nitrogens with zero attached hydrogens (tertiary/aromatic N) is 2. The lowest BCUT2D eigenvalue weighted by atomic mass is 10.1. The quantitative estimate of drug-likeness (QED) is 0.604. The van der Waals surface area contributed by atoms with E-state index in [1.54, 1.807) is 12.4 Å². The summed E-state index contributed by atoms with van der Waals surface area (Å²) in [5, 5.41) is 11.8. The van der Waals surface area contributed by atoms with Crippen molar-refractivity contribution < 1.29 is 5.11 Å². The molecule has 16 heavy (non-hydrogen) atoms. The van der Waals surface area contributed by atoms with Crippen molar-refractivity contribution in [2.45, 2.75) is 0 Å². The van der Waals surface area contributed by atoms with Crippen LogP contribution in [0, 0.1) is 0 Å². The number of aromatic nitrogens is 2. The molecule has 0 atom stereocenters. The minimum atomic E-state index is 0.0604. The van der Waals surface area contributed by atoms with Gasteiger partial charge < -0.3 is 5.11 Å². The summed E-state index contributed by atoms with van der Waals surface area (Å²) in [4.78, 5) is 8.39. The Balaban J connectivity index is 2.69. The van der Waals surface area contributed by atoms with Gasteiger partial charge in [0.25, 0.3) is 0 Å². The molecule has 78 valence electrons. The van der Waals surface area contributed by atoms with Gasteiger partial charge in [0.1, 0.15) is 16.3 Å². The monoisotopic (exact) mass is 230 g/mol. The van der Waals surface area contributed by atoms with E-state index in [4.69, 9.17) is 11.6 Å². The highest BCUT2D eigenvalue weighted by Crippen LogP contribution is 2.38. The molecule has 1 heterocycles. The molecule has 0 saturated heterocycles. The number of fused-ring (bicyclic) bond motifs is 3. The Kier molecular flexibility index (Phi) is 1.94. The van der Waals surface area contributed by atoms with Crippen molar-refractivity contribution in [2.24, 2.45) is 0 Å². The largest absolute Gasteiger partial charge is 0.506 e. The minimum absolute atomic E-state index is 0.0604. The standard InChI is InChI=1S/C12H7ClN2O/c13-9-11-10(14-5-6-15-11)7-3-1-2-4-8(7)12(9)16/h1-6,16H. The van der Waals surface area contributed by atoms with Gasteiger partial charge in [-0.25, -0.2) is 0 Å². The second-order valence-electron chi connectivity index (χ2n) is 3.46. The zero-order valence-electron chi connectivity index (χ0n) is 8.18. The molecule has 0 amide bonds. The number of hydrogen-bond donors (Lipinski definition) is 1. The number of aromatic hydroxyl groups is 1. The molecule has 3 rings (SSSR count). The molecular weight excluding hydrogens is 224 g/mol. The van der Waals surface area contributed by atoms with Crippen molar-refractivity contribution in [1.82, 2.24) is 9.97 Å². The summed E-state index contributed by atoms with van der Waals surface area (Å²) in [5.74, 6) is 0.0604. The third-order valence-electron chi connectivity index (χ3n) is 2.55. The van der Waals surface area contributed by atoms with Crippen LogP contribution in [0.15, 0.2) is 36.7 Å². The number of benzene rings is 2. The van der Waals surface area contributed by atoms with Crippen molar-refractivity contribution in [3.05, 3.63) is 41.7 Å². The van der Waals surface area contributed by atoms with Gasteiger partial charge in [-0.05, 0) is 0 Å². The van der Waals surface area contributed by atoms with Crippen molar-refractivity contribution >= 4 is 33.4 Å². The average molecular weight is 231 g/mol. The van der Waals surface area contributed by atoms with E-state index in [1.165, 1.54) is 0 Å². The van der Waals surface area contributed by atoms with Crippen LogP contribution in [0.3, 0.4) is 0 Å². The topological polar surface area (TPSA) is 46.0 Å². The Bertz CT molecular complexity index is 636. The van der Waals surface area contributed by atoms with Crippen LogP contribution in [0.5, 0.6) is 5.75 Å². The van der Waals surface area contributed by atoms with E-state index in [9.17, 15) is 5.11 Å². The van der Waals surface area contributed by atoms with Gasteiger partial charge in [-0.3, -0.25) is 9.97 Å². The van der Waals surface area contributed by atoms with Gasteiger partial charge in [-0.15, -0.1) is 0 Å². The first-order valence-electron chi connectivity index (χ1n) is 4.79. The molecule has 0 saturated carbocycles. The third kappa shape index (κ3) is 1.15. The first kappa shape index (κ1) is 9.36. The summed E-state index contributed by atoms with van der Waals surface area (Å²) in [7, 11) is 0. The molecule has 1 aromatic heterocycles. The van der Waals surface area contributed by atoms with Crippen molar-refractivity contribution in [3.63, 3.8) is 0 Å². The van der Waals surface area contributed by atoms with E-state index >= 15 is 0 Å². The maximum atomic E-state index is 9.96. The Morgan fingerprint density at radius 3 is 2.31 bits per heavy atom. The van der Waals surface area contributed by atoms with Gasteiger partial charge in [0.15, 0.2) is 0 Å². The van der Waals surface area contributed by atoms with Crippen molar-refractivity contribution in [2.75, 3.05) is 0 Å². The zero-order valence-corrected chi connectivity index (χ0v) is 8.94. The Morgan fingerprint density at radius 1 is 0.938 bits per heavy atom. The molecule has 0 fully saturated rings. The highest BCUT2D eigenvalue weighted by molar-refractivity contribution is 6.38. The Hall–Kier alpha value is -1.87. The Morgan fingerprint density at radius 2 is 1.56 bits per heavy atom. The van der Waals surface area contributed by atoms with E-state index in [0.29, 0.717) is 16.4 Å². The zero-order chi connectivity index (χ0) is 11.1. The summed E-state index contributed by atoms with van der Waals surface area (Å²) in [6.07, 6.45) is 3.17. The SMILES string of the molecule is Oc1c(Cl)c2nccnc2c2ccccc12. The minimum Gasteiger partial charge on any atom is -0.506 e. The van der Waals surface area contributed by atoms with Crippen LogP contribution < -0.4 is 0 Å². The van der Waals surface area contributed by atoms with Crippen LogP contribution in [0.4, 0.5) is 0 Å². The fraction of sp³-hybridized carbons (Fsp3) is 0.